The van der Waals surface area contributed by atoms with Gasteiger partial charge in [-0.2, -0.15) is 13.2 Å². The number of alkyl halides is 3. The smallest absolute Gasteiger partial charge is 0.417 e. The highest BCUT2D eigenvalue weighted by Crippen LogP contribution is 2.39. The number of pyridine rings is 1. The molecule has 1 saturated carbocycles. The van der Waals surface area contributed by atoms with Crippen LogP contribution in [0.4, 0.5) is 13.2 Å². The molecule has 1 aromatic heterocycles. The molecule has 0 bridgehead atoms. The molecular formula is C19H25F3N2O5. The van der Waals surface area contributed by atoms with Gasteiger partial charge >= 0.3 is 6.18 Å². The van der Waals surface area contributed by atoms with Gasteiger partial charge in [0.25, 0.3) is 0 Å². The summed E-state index contributed by atoms with van der Waals surface area (Å²) in [5.74, 6) is -0.255. The second kappa shape index (κ2) is 8.85. The van der Waals surface area contributed by atoms with Gasteiger partial charge in [-0.15, -0.1) is 0 Å². The predicted octanol–water partition coefficient (Wildman–Crippen LogP) is 1.52. The summed E-state index contributed by atoms with van der Waals surface area (Å²) < 4.78 is 48.7. The van der Waals surface area contributed by atoms with Crippen LogP contribution in [0.1, 0.15) is 31.2 Å². The van der Waals surface area contributed by atoms with Crippen LogP contribution in [0.25, 0.3) is 0 Å². The number of aliphatic hydroxyl groups excluding tert-OH is 2. The van der Waals surface area contributed by atoms with Crippen molar-refractivity contribution in [3.05, 3.63) is 23.9 Å². The molecule has 1 amide bonds. The molecule has 3 rings (SSSR count). The lowest BCUT2D eigenvalue weighted by Crippen LogP contribution is -2.43. The molecule has 0 radical (unpaired) electrons. The number of nitrogens with one attached hydrogen (secondary N) is 1. The molecule has 0 aromatic carbocycles. The highest BCUT2D eigenvalue weighted by atomic mass is 19.4. The van der Waals surface area contributed by atoms with Gasteiger partial charge in [0.15, 0.2) is 0 Å². The van der Waals surface area contributed by atoms with E-state index >= 15 is 0 Å². The SMILES string of the molecule is O=C(NCC1(COc2ccc(C(F)(F)F)cn2)CC(O)C(O)C1)C1CCOCC1. The third kappa shape index (κ3) is 5.58. The Balaban J connectivity index is 1.61. The molecule has 2 unspecified atom stereocenters. The van der Waals surface area contributed by atoms with E-state index in [1.807, 2.05) is 0 Å². The molecule has 162 valence electrons. The van der Waals surface area contributed by atoms with Gasteiger partial charge in [-0.1, -0.05) is 0 Å². The highest BCUT2D eigenvalue weighted by molar-refractivity contribution is 5.78. The normalized spacial score (nSPS) is 28.3. The number of ether oxygens (including phenoxy) is 2. The van der Waals surface area contributed by atoms with Crippen molar-refractivity contribution in [3.63, 3.8) is 0 Å². The van der Waals surface area contributed by atoms with Crippen LogP contribution in [0.2, 0.25) is 0 Å². The van der Waals surface area contributed by atoms with Crippen molar-refractivity contribution in [2.45, 2.75) is 44.1 Å². The molecule has 2 fully saturated rings. The number of halogens is 3. The van der Waals surface area contributed by atoms with Crippen molar-refractivity contribution >= 4 is 5.91 Å². The lowest BCUT2D eigenvalue weighted by atomic mass is 9.86. The second-order valence-corrected chi connectivity index (χ2v) is 7.82. The number of nitrogens with zero attached hydrogens (tertiary/aromatic N) is 1. The molecular weight excluding hydrogens is 393 g/mol. The number of aliphatic hydroxyl groups is 2. The molecule has 3 N–H and O–H groups in total. The first-order chi connectivity index (χ1) is 13.7. The average Bonchev–Trinajstić information content (AvgIpc) is 2.99. The molecule has 2 atom stereocenters. The highest BCUT2D eigenvalue weighted by Gasteiger charge is 2.45. The van der Waals surface area contributed by atoms with Gasteiger partial charge in [-0.05, 0) is 31.7 Å². The number of hydrogen-bond donors (Lipinski definition) is 3. The van der Waals surface area contributed by atoms with Crippen molar-refractivity contribution in [2.75, 3.05) is 26.4 Å². The summed E-state index contributed by atoms with van der Waals surface area (Å²) in [7, 11) is 0. The van der Waals surface area contributed by atoms with E-state index in [2.05, 4.69) is 10.3 Å². The number of rotatable bonds is 6. The van der Waals surface area contributed by atoms with Crippen molar-refractivity contribution < 1.29 is 37.7 Å². The van der Waals surface area contributed by atoms with Gasteiger partial charge in [-0.3, -0.25) is 4.79 Å². The van der Waals surface area contributed by atoms with Gasteiger partial charge in [0, 0.05) is 43.4 Å². The largest absolute Gasteiger partial charge is 0.477 e. The van der Waals surface area contributed by atoms with Gasteiger partial charge in [0.1, 0.15) is 0 Å². The zero-order valence-corrected chi connectivity index (χ0v) is 15.8. The number of hydrogen-bond acceptors (Lipinski definition) is 6. The maximum Gasteiger partial charge on any atom is 0.417 e. The minimum Gasteiger partial charge on any atom is -0.477 e. The first-order valence-corrected chi connectivity index (χ1v) is 9.56. The van der Waals surface area contributed by atoms with Crippen LogP contribution in [-0.2, 0) is 15.7 Å². The Kier molecular flexibility index (Phi) is 6.65. The molecule has 1 aromatic rings. The fourth-order valence-electron chi connectivity index (χ4n) is 3.80. The number of aromatic nitrogens is 1. The van der Waals surface area contributed by atoms with Crippen LogP contribution < -0.4 is 10.1 Å². The maximum atomic E-state index is 12.6. The fourth-order valence-corrected chi connectivity index (χ4v) is 3.80. The zero-order chi connectivity index (χ0) is 21.1. The van der Waals surface area contributed by atoms with Crippen LogP contribution in [0.5, 0.6) is 5.88 Å². The molecule has 1 aliphatic heterocycles. The molecule has 10 heteroatoms. The monoisotopic (exact) mass is 418 g/mol. The van der Waals surface area contributed by atoms with E-state index < -0.39 is 29.4 Å². The minimum atomic E-state index is -4.49. The number of amides is 1. The average molecular weight is 418 g/mol. The Hall–Kier alpha value is -1.91. The summed E-state index contributed by atoms with van der Waals surface area (Å²) in [5, 5.41) is 22.9. The van der Waals surface area contributed by atoms with Crippen LogP contribution in [0, 0.1) is 11.3 Å². The number of carbonyl (C=O) groups excluding carboxylic acids is 1. The third-order valence-electron chi connectivity index (χ3n) is 5.55. The molecule has 29 heavy (non-hydrogen) atoms. The van der Waals surface area contributed by atoms with Gasteiger partial charge in [0.05, 0.1) is 24.4 Å². The quantitative estimate of drug-likeness (QED) is 0.648. The Labute approximate surface area is 166 Å². The van der Waals surface area contributed by atoms with Crippen LogP contribution in [0.3, 0.4) is 0 Å². The molecule has 7 nitrogen and oxygen atoms in total. The van der Waals surface area contributed by atoms with E-state index in [4.69, 9.17) is 9.47 Å². The summed E-state index contributed by atoms with van der Waals surface area (Å²) in [6.45, 7) is 1.23. The summed E-state index contributed by atoms with van der Waals surface area (Å²) in [6, 6.07) is 2.00. The van der Waals surface area contributed by atoms with E-state index in [0.29, 0.717) is 32.3 Å². The Morgan fingerprint density at radius 1 is 1.24 bits per heavy atom. The lowest BCUT2D eigenvalue weighted by Gasteiger charge is -2.30. The Morgan fingerprint density at radius 2 is 1.90 bits per heavy atom. The van der Waals surface area contributed by atoms with Crippen molar-refractivity contribution in [1.82, 2.24) is 10.3 Å². The van der Waals surface area contributed by atoms with Crippen LogP contribution >= 0.6 is 0 Å². The summed E-state index contributed by atoms with van der Waals surface area (Å²) in [4.78, 5) is 16.1. The zero-order valence-electron chi connectivity index (χ0n) is 15.8. The fraction of sp³-hybridized carbons (Fsp3) is 0.684. The van der Waals surface area contributed by atoms with E-state index in [1.54, 1.807) is 0 Å². The Morgan fingerprint density at radius 3 is 2.45 bits per heavy atom. The predicted molar refractivity (Wildman–Crippen MR) is 95.0 cm³/mol. The summed E-state index contributed by atoms with van der Waals surface area (Å²) in [5.41, 5.74) is -1.63. The summed E-state index contributed by atoms with van der Waals surface area (Å²) in [6.07, 6.45) is -4.05. The van der Waals surface area contributed by atoms with E-state index in [1.165, 1.54) is 0 Å². The van der Waals surface area contributed by atoms with E-state index in [0.717, 1.165) is 12.1 Å². The topological polar surface area (TPSA) is 101 Å². The standard InChI is InChI=1S/C19H25F3N2O5/c20-19(21,22)13-1-2-16(23-9-13)29-11-18(7-14(25)15(26)8-18)10-24-17(27)12-3-5-28-6-4-12/h1-2,9,12,14-15,25-26H,3-8,10-11H2,(H,24,27). The number of carbonyl (C=O) groups is 1. The van der Waals surface area contributed by atoms with E-state index in [-0.39, 0.29) is 43.7 Å². The van der Waals surface area contributed by atoms with Crippen LogP contribution in [-0.4, -0.2) is 59.7 Å². The van der Waals surface area contributed by atoms with Gasteiger partial charge in [0.2, 0.25) is 11.8 Å². The molecule has 2 aliphatic rings. The van der Waals surface area contributed by atoms with E-state index in [9.17, 15) is 28.2 Å². The Bertz CT molecular complexity index is 682. The molecule has 1 aliphatic carbocycles. The maximum absolute atomic E-state index is 12.6. The third-order valence-corrected chi connectivity index (χ3v) is 5.55. The first kappa shape index (κ1) is 21.8. The van der Waals surface area contributed by atoms with Crippen molar-refractivity contribution in [2.24, 2.45) is 11.3 Å². The van der Waals surface area contributed by atoms with Gasteiger partial charge in [-0.25, -0.2) is 4.98 Å². The minimum absolute atomic E-state index is 0.00371. The first-order valence-electron chi connectivity index (χ1n) is 9.56. The van der Waals surface area contributed by atoms with Gasteiger partial charge < -0.3 is 25.0 Å². The summed E-state index contributed by atoms with van der Waals surface area (Å²) >= 11 is 0. The second-order valence-electron chi connectivity index (χ2n) is 7.82. The van der Waals surface area contributed by atoms with Crippen molar-refractivity contribution in [1.29, 1.82) is 0 Å². The molecule has 1 saturated heterocycles. The van der Waals surface area contributed by atoms with Crippen molar-refractivity contribution in [3.8, 4) is 5.88 Å². The molecule has 0 spiro atoms. The molecule has 2 heterocycles. The lowest BCUT2D eigenvalue weighted by molar-refractivity contribution is -0.137. The van der Waals surface area contributed by atoms with Crippen LogP contribution in [0.15, 0.2) is 18.3 Å².